The van der Waals surface area contributed by atoms with Crippen molar-refractivity contribution in [2.75, 3.05) is 6.61 Å². The van der Waals surface area contributed by atoms with Crippen molar-refractivity contribution in [1.82, 2.24) is 0 Å². The van der Waals surface area contributed by atoms with E-state index in [4.69, 9.17) is 26.2 Å². The standard InChI is InChI=1S/C6H13NO5/c7-4-2(9)3(10)5(11)6(4,12)1-8/h2-5,8-12H,1,7H2/t2-,3?,4?,5-,6-/m1/s1. The Morgan fingerprint density at radius 3 is 1.83 bits per heavy atom. The second kappa shape index (κ2) is 2.91. The molecule has 0 bridgehead atoms. The Bertz CT molecular complexity index is 161. The van der Waals surface area contributed by atoms with Crippen molar-refractivity contribution in [2.45, 2.75) is 30.0 Å². The quantitative estimate of drug-likeness (QED) is 0.244. The molecule has 0 spiro atoms. The van der Waals surface area contributed by atoms with Crippen molar-refractivity contribution in [3.63, 3.8) is 0 Å². The highest BCUT2D eigenvalue weighted by atomic mass is 16.4. The van der Waals surface area contributed by atoms with Gasteiger partial charge in [-0.25, -0.2) is 0 Å². The smallest absolute Gasteiger partial charge is 0.134 e. The van der Waals surface area contributed by atoms with Crippen molar-refractivity contribution in [2.24, 2.45) is 5.73 Å². The Kier molecular flexibility index (Phi) is 2.39. The lowest BCUT2D eigenvalue weighted by molar-refractivity contribution is -0.116. The zero-order valence-electron chi connectivity index (χ0n) is 6.33. The van der Waals surface area contributed by atoms with E-state index >= 15 is 0 Å². The Labute approximate surface area is 68.9 Å². The van der Waals surface area contributed by atoms with Gasteiger partial charge in [-0.15, -0.1) is 0 Å². The van der Waals surface area contributed by atoms with Gasteiger partial charge < -0.3 is 31.3 Å². The van der Waals surface area contributed by atoms with Crippen molar-refractivity contribution >= 4 is 0 Å². The minimum Gasteiger partial charge on any atom is -0.393 e. The molecule has 6 heteroatoms. The lowest BCUT2D eigenvalue weighted by Gasteiger charge is -2.28. The molecule has 12 heavy (non-hydrogen) atoms. The Morgan fingerprint density at radius 2 is 1.67 bits per heavy atom. The molecular weight excluding hydrogens is 166 g/mol. The van der Waals surface area contributed by atoms with Crippen LogP contribution in [0.5, 0.6) is 0 Å². The summed E-state index contributed by atoms with van der Waals surface area (Å²) >= 11 is 0. The molecule has 5 atom stereocenters. The van der Waals surface area contributed by atoms with Crippen LogP contribution in [0.15, 0.2) is 0 Å². The number of aliphatic hydroxyl groups is 5. The van der Waals surface area contributed by atoms with E-state index in [-0.39, 0.29) is 0 Å². The van der Waals surface area contributed by atoms with Crippen LogP contribution >= 0.6 is 0 Å². The highest BCUT2D eigenvalue weighted by Crippen LogP contribution is 2.29. The minimum atomic E-state index is -2.02. The maximum absolute atomic E-state index is 9.43. The summed E-state index contributed by atoms with van der Waals surface area (Å²) in [6.07, 6.45) is -4.55. The maximum Gasteiger partial charge on any atom is 0.134 e. The molecule has 1 aliphatic rings. The van der Waals surface area contributed by atoms with E-state index in [0.717, 1.165) is 0 Å². The first-order valence-corrected chi connectivity index (χ1v) is 3.58. The first kappa shape index (κ1) is 9.85. The van der Waals surface area contributed by atoms with Gasteiger partial charge in [0.2, 0.25) is 0 Å². The third kappa shape index (κ3) is 1.05. The molecule has 0 saturated heterocycles. The monoisotopic (exact) mass is 179 g/mol. The van der Waals surface area contributed by atoms with Crippen LogP contribution in [0.4, 0.5) is 0 Å². The van der Waals surface area contributed by atoms with Gasteiger partial charge in [-0.2, -0.15) is 0 Å². The van der Waals surface area contributed by atoms with Crippen LogP contribution in [-0.2, 0) is 0 Å². The summed E-state index contributed by atoms with van der Waals surface area (Å²) in [6, 6.07) is -1.24. The van der Waals surface area contributed by atoms with Crippen molar-refractivity contribution < 1.29 is 25.5 Å². The van der Waals surface area contributed by atoms with Gasteiger partial charge in [0.1, 0.15) is 23.9 Å². The lowest BCUT2D eigenvalue weighted by Crippen LogP contribution is -2.55. The summed E-state index contributed by atoms with van der Waals surface area (Å²) in [4.78, 5) is 0. The van der Waals surface area contributed by atoms with E-state index in [0.29, 0.717) is 0 Å². The molecule has 1 aliphatic carbocycles. The normalized spacial score (nSPS) is 54.5. The first-order chi connectivity index (χ1) is 5.45. The molecule has 6 nitrogen and oxygen atoms in total. The van der Waals surface area contributed by atoms with E-state index in [1.807, 2.05) is 0 Å². The fourth-order valence-corrected chi connectivity index (χ4v) is 1.39. The molecule has 0 aliphatic heterocycles. The molecule has 0 radical (unpaired) electrons. The number of nitrogens with two attached hydrogens (primary N) is 1. The topological polar surface area (TPSA) is 127 Å². The Morgan fingerprint density at radius 1 is 1.17 bits per heavy atom. The van der Waals surface area contributed by atoms with Crippen LogP contribution < -0.4 is 5.73 Å². The van der Waals surface area contributed by atoms with Crippen LogP contribution in [0.2, 0.25) is 0 Å². The van der Waals surface area contributed by atoms with E-state index in [2.05, 4.69) is 0 Å². The summed E-state index contributed by atoms with van der Waals surface area (Å²) in [5, 5.41) is 45.4. The zero-order valence-corrected chi connectivity index (χ0v) is 6.33. The molecule has 7 N–H and O–H groups in total. The molecule has 0 aromatic carbocycles. The molecule has 1 fully saturated rings. The fourth-order valence-electron chi connectivity index (χ4n) is 1.39. The van der Waals surface area contributed by atoms with E-state index < -0.39 is 36.6 Å². The molecule has 1 saturated carbocycles. The van der Waals surface area contributed by atoms with Crippen molar-refractivity contribution in [1.29, 1.82) is 0 Å². The SMILES string of the molecule is NC1[C@H](O)C(O)[C@@H](O)[C@@]1(O)CO. The highest BCUT2D eigenvalue weighted by Gasteiger charge is 2.57. The third-order valence-electron chi connectivity index (χ3n) is 2.38. The third-order valence-corrected chi connectivity index (χ3v) is 2.38. The largest absolute Gasteiger partial charge is 0.393 e. The summed E-state index contributed by atoms with van der Waals surface area (Å²) in [7, 11) is 0. The fraction of sp³-hybridized carbons (Fsp3) is 1.00. The van der Waals surface area contributed by atoms with Gasteiger partial charge in [-0.1, -0.05) is 0 Å². The number of aliphatic hydroxyl groups excluding tert-OH is 4. The van der Waals surface area contributed by atoms with E-state index in [9.17, 15) is 5.11 Å². The molecular formula is C6H13NO5. The molecule has 1 rings (SSSR count). The molecule has 72 valence electrons. The second-order valence-electron chi connectivity index (χ2n) is 3.10. The van der Waals surface area contributed by atoms with E-state index in [1.54, 1.807) is 0 Å². The Balaban J connectivity index is 2.90. The van der Waals surface area contributed by atoms with Crippen molar-refractivity contribution in [3.8, 4) is 0 Å². The van der Waals surface area contributed by atoms with Crippen molar-refractivity contribution in [3.05, 3.63) is 0 Å². The van der Waals surface area contributed by atoms with Crippen LogP contribution in [0.25, 0.3) is 0 Å². The lowest BCUT2D eigenvalue weighted by atomic mass is 9.97. The zero-order chi connectivity index (χ0) is 9.52. The summed E-state index contributed by atoms with van der Waals surface area (Å²) in [5.74, 6) is 0. The van der Waals surface area contributed by atoms with Crippen LogP contribution in [0.1, 0.15) is 0 Å². The van der Waals surface area contributed by atoms with Gasteiger partial charge in [0.25, 0.3) is 0 Å². The van der Waals surface area contributed by atoms with Crippen LogP contribution in [0, 0.1) is 0 Å². The predicted octanol–water partition coefficient (Wildman–Crippen LogP) is -3.87. The molecule has 0 aromatic heterocycles. The number of hydrogen-bond acceptors (Lipinski definition) is 6. The summed E-state index contributed by atoms with van der Waals surface area (Å²) < 4.78 is 0. The minimum absolute atomic E-state index is 0.802. The summed E-state index contributed by atoms with van der Waals surface area (Å²) in [6.45, 7) is -0.802. The van der Waals surface area contributed by atoms with Crippen LogP contribution in [0.3, 0.4) is 0 Å². The van der Waals surface area contributed by atoms with Gasteiger partial charge in [0.05, 0.1) is 12.6 Å². The van der Waals surface area contributed by atoms with Gasteiger partial charge >= 0.3 is 0 Å². The average molecular weight is 179 g/mol. The van der Waals surface area contributed by atoms with Gasteiger partial charge in [0.15, 0.2) is 0 Å². The summed E-state index contributed by atoms with van der Waals surface area (Å²) in [5.41, 5.74) is 3.25. The Hall–Kier alpha value is -0.240. The average Bonchev–Trinajstić information content (AvgIpc) is 2.22. The van der Waals surface area contributed by atoms with Gasteiger partial charge in [0, 0.05) is 0 Å². The first-order valence-electron chi connectivity index (χ1n) is 3.58. The molecule has 0 amide bonds. The number of hydrogen-bond donors (Lipinski definition) is 6. The molecule has 0 aromatic rings. The number of rotatable bonds is 1. The van der Waals surface area contributed by atoms with E-state index in [1.165, 1.54) is 0 Å². The van der Waals surface area contributed by atoms with Gasteiger partial charge in [-0.3, -0.25) is 0 Å². The molecule has 0 heterocycles. The van der Waals surface area contributed by atoms with Crippen LogP contribution in [-0.4, -0.2) is 62.1 Å². The predicted molar refractivity (Wildman–Crippen MR) is 38.0 cm³/mol. The molecule has 2 unspecified atom stereocenters. The maximum atomic E-state index is 9.43. The highest BCUT2D eigenvalue weighted by molar-refractivity contribution is 5.11. The second-order valence-corrected chi connectivity index (χ2v) is 3.10. The van der Waals surface area contributed by atoms with Gasteiger partial charge in [-0.05, 0) is 0 Å².